The Morgan fingerprint density at radius 2 is 1.76 bits per heavy atom. The number of fused-ring (bicyclic) bond motifs is 3. The number of aryl methyl sites for hydroxylation is 1. The van der Waals surface area contributed by atoms with Crippen molar-refractivity contribution in [2.24, 2.45) is 0 Å². The van der Waals surface area contributed by atoms with Gasteiger partial charge in [-0.25, -0.2) is 4.79 Å². The maximum atomic E-state index is 13.6. The van der Waals surface area contributed by atoms with Gasteiger partial charge in [0.1, 0.15) is 11.3 Å². The Kier molecular flexibility index (Phi) is 5.52. The summed E-state index contributed by atoms with van der Waals surface area (Å²) in [5.41, 5.74) is 1.61. The largest absolute Gasteiger partial charge is 0.471 e. The van der Waals surface area contributed by atoms with Gasteiger partial charge in [0.05, 0.1) is 28.4 Å². The summed E-state index contributed by atoms with van der Waals surface area (Å²) >= 11 is 6.50. The lowest BCUT2D eigenvalue weighted by Gasteiger charge is -2.33. The molecule has 0 bridgehead atoms. The normalized spacial score (nSPS) is 13.6. The zero-order chi connectivity index (χ0) is 24.0. The van der Waals surface area contributed by atoms with Crippen molar-refractivity contribution in [2.75, 3.05) is 11.6 Å². The third-order valence-electron chi connectivity index (χ3n) is 6.07. The van der Waals surface area contributed by atoms with Crippen LogP contribution in [-0.2, 0) is 19.1 Å². The molecule has 0 N–H and O–H groups in total. The van der Waals surface area contributed by atoms with Gasteiger partial charge in [-0.2, -0.15) is 13.2 Å². The fourth-order valence-electron chi connectivity index (χ4n) is 4.36. The maximum absolute atomic E-state index is 13.6. The van der Waals surface area contributed by atoms with Crippen LogP contribution >= 0.6 is 11.6 Å². The Labute approximate surface area is 198 Å². The SMILES string of the molecule is Cc1c(Cc2ccccc2)c(=O)oc2c3c(c(Cl)cc12)OCN(c1ccccc1C(F)(F)F)C3. The Morgan fingerprint density at radius 3 is 2.50 bits per heavy atom. The minimum absolute atomic E-state index is 0.0199. The first-order valence-corrected chi connectivity index (χ1v) is 11.0. The lowest BCUT2D eigenvalue weighted by molar-refractivity contribution is -0.137. The third kappa shape index (κ3) is 3.90. The van der Waals surface area contributed by atoms with Crippen LogP contribution in [0, 0.1) is 6.92 Å². The van der Waals surface area contributed by atoms with Crippen molar-refractivity contribution in [1.82, 2.24) is 0 Å². The first-order chi connectivity index (χ1) is 16.2. The molecule has 8 heteroatoms. The molecule has 174 valence electrons. The monoisotopic (exact) mass is 485 g/mol. The Hall–Kier alpha value is -3.45. The van der Waals surface area contributed by atoms with E-state index in [4.69, 9.17) is 20.8 Å². The summed E-state index contributed by atoms with van der Waals surface area (Å²) in [6, 6.07) is 16.5. The molecule has 1 aliphatic heterocycles. The second-order valence-electron chi connectivity index (χ2n) is 8.18. The predicted molar refractivity (Wildman–Crippen MR) is 125 cm³/mol. The van der Waals surface area contributed by atoms with Gasteiger partial charge in [0.2, 0.25) is 0 Å². The number of nitrogens with zero attached hydrogens (tertiary/aromatic N) is 1. The molecule has 1 aliphatic rings. The van der Waals surface area contributed by atoms with Crippen LogP contribution in [0.5, 0.6) is 5.75 Å². The van der Waals surface area contributed by atoms with Crippen LogP contribution < -0.4 is 15.3 Å². The minimum Gasteiger partial charge on any atom is -0.471 e. The van der Waals surface area contributed by atoms with Crippen molar-refractivity contribution in [2.45, 2.75) is 26.1 Å². The summed E-state index contributed by atoms with van der Waals surface area (Å²) in [5.74, 6) is 0.313. The van der Waals surface area contributed by atoms with E-state index in [9.17, 15) is 18.0 Å². The molecule has 1 aromatic heterocycles. The number of rotatable bonds is 3. The lowest BCUT2D eigenvalue weighted by atomic mass is 9.97. The summed E-state index contributed by atoms with van der Waals surface area (Å²) in [5, 5.41) is 0.942. The van der Waals surface area contributed by atoms with Gasteiger partial charge in [-0.15, -0.1) is 0 Å². The topological polar surface area (TPSA) is 42.7 Å². The number of anilines is 1. The van der Waals surface area contributed by atoms with E-state index < -0.39 is 17.4 Å². The molecule has 0 atom stereocenters. The first-order valence-electron chi connectivity index (χ1n) is 10.6. The standard InChI is InChI=1S/C26H19ClF3NO3/c1-15-17-12-21(27)24-19(23(17)34-25(32)18(15)11-16-7-3-2-4-8-16)13-31(14-33-24)22-10-6-5-9-20(22)26(28,29)30/h2-10,12H,11,13-14H2,1H3. The third-order valence-corrected chi connectivity index (χ3v) is 6.35. The molecule has 3 aromatic carbocycles. The number of alkyl halides is 3. The van der Waals surface area contributed by atoms with Crippen molar-refractivity contribution < 1.29 is 22.3 Å². The smallest absolute Gasteiger partial charge is 0.418 e. The molecule has 0 saturated heterocycles. The summed E-state index contributed by atoms with van der Waals surface area (Å²) in [4.78, 5) is 14.4. The van der Waals surface area contributed by atoms with Gasteiger partial charge in [-0.1, -0.05) is 54.1 Å². The fraction of sp³-hybridized carbons (Fsp3) is 0.192. The second kappa shape index (κ2) is 8.40. The Balaban J connectivity index is 1.62. The molecule has 0 aliphatic carbocycles. The quantitative estimate of drug-likeness (QED) is 0.302. The highest BCUT2D eigenvalue weighted by molar-refractivity contribution is 6.33. The molecular formula is C26H19ClF3NO3. The summed E-state index contributed by atoms with van der Waals surface area (Å²) in [7, 11) is 0. The highest BCUT2D eigenvalue weighted by atomic mass is 35.5. The van der Waals surface area contributed by atoms with Crippen LogP contribution in [0.4, 0.5) is 18.9 Å². The van der Waals surface area contributed by atoms with E-state index in [1.165, 1.54) is 23.1 Å². The van der Waals surface area contributed by atoms with Crippen molar-refractivity contribution in [3.63, 3.8) is 0 Å². The van der Waals surface area contributed by atoms with Crippen LogP contribution in [0.1, 0.15) is 27.8 Å². The van der Waals surface area contributed by atoms with Crippen molar-refractivity contribution in [1.29, 1.82) is 0 Å². The average molecular weight is 486 g/mol. The molecule has 0 unspecified atom stereocenters. The molecule has 0 amide bonds. The molecule has 5 rings (SSSR count). The lowest BCUT2D eigenvalue weighted by Crippen LogP contribution is -2.33. The zero-order valence-electron chi connectivity index (χ0n) is 18.1. The van der Waals surface area contributed by atoms with Gasteiger partial charge in [0, 0.05) is 17.4 Å². The number of benzene rings is 3. The van der Waals surface area contributed by atoms with Gasteiger partial charge < -0.3 is 14.1 Å². The van der Waals surface area contributed by atoms with E-state index >= 15 is 0 Å². The van der Waals surface area contributed by atoms with Gasteiger partial charge >= 0.3 is 11.8 Å². The summed E-state index contributed by atoms with van der Waals surface area (Å²) in [6.07, 6.45) is -4.13. The maximum Gasteiger partial charge on any atom is 0.418 e. The minimum atomic E-state index is -4.53. The number of hydrogen-bond donors (Lipinski definition) is 0. The number of para-hydroxylation sites is 1. The van der Waals surface area contributed by atoms with Crippen molar-refractivity contribution >= 4 is 28.3 Å². The van der Waals surface area contributed by atoms with E-state index in [-0.39, 0.29) is 24.5 Å². The first kappa shape index (κ1) is 22.3. The van der Waals surface area contributed by atoms with Crippen LogP contribution in [-0.4, -0.2) is 6.73 Å². The second-order valence-corrected chi connectivity index (χ2v) is 8.59. The molecule has 0 radical (unpaired) electrons. The Bertz CT molecular complexity index is 1450. The van der Waals surface area contributed by atoms with Crippen molar-refractivity contribution in [3.05, 3.63) is 104 Å². The molecule has 0 fully saturated rings. The highest BCUT2D eigenvalue weighted by Crippen LogP contribution is 2.43. The molecule has 2 heterocycles. The molecule has 34 heavy (non-hydrogen) atoms. The van der Waals surface area contributed by atoms with E-state index in [1.807, 2.05) is 37.3 Å². The fourth-order valence-corrected chi connectivity index (χ4v) is 4.64. The van der Waals surface area contributed by atoms with Crippen LogP contribution in [0.25, 0.3) is 11.0 Å². The molecular weight excluding hydrogens is 467 g/mol. The van der Waals surface area contributed by atoms with Gasteiger partial charge in [0.15, 0.2) is 6.73 Å². The van der Waals surface area contributed by atoms with Gasteiger partial charge in [0.25, 0.3) is 0 Å². The van der Waals surface area contributed by atoms with E-state index in [1.54, 1.807) is 6.07 Å². The molecule has 0 saturated carbocycles. The average Bonchev–Trinajstić information content (AvgIpc) is 2.82. The summed E-state index contributed by atoms with van der Waals surface area (Å²) in [6.45, 7) is 1.74. The van der Waals surface area contributed by atoms with Gasteiger partial charge in [-0.3, -0.25) is 0 Å². The molecule has 4 aromatic rings. The number of halogens is 4. The van der Waals surface area contributed by atoms with Crippen LogP contribution in [0.2, 0.25) is 5.02 Å². The summed E-state index contributed by atoms with van der Waals surface area (Å²) < 4.78 is 52.3. The van der Waals surface area contributed by atoms with Gasteiger partial charge in [-0.05, 0) is 36.2 Å². The zero-order valence-corrected chi connectivity index (χ0v) is 18.8. The van der Waals surface area contributed by atoms with E-state index in [0.717, 1.165) is 11.6 Å². The Morgan fingerprint density at radius 1 is 1.06 bits per heavy atom. The number of ether oxygens (including phenoxy) is 1. The van der Waals surface area contributed by atoms with E-state index in [2.05, 4.69) is 0 Å². The van der Waals surface area contributed by atoms with E-state index in [0.29, 0.717) is 39.3 Å². The molecule has 0 spiro atoms. The predicted octanol–water partition coefficient (Wildman–Crippen LogP) is 6.72. The highest BCUT2D eigenvalue weighted by Gasteiger charge is 2.36. The van der Waals surface area contributed by atoms with Crippen LogP contribution in [0.3, 0.4) is 0 Å². The number of hydrogen-bond acceptors (Lipinski definition) is 4. The molecule has 4 nitrogen and oxygen atoms in total. The van der Waals surface area contributed by atoms with Crippen LogP contribution in [0.15, 0.2) is 69.9 Å². The van der Waals surface area contributed by atoms with Crippen molar-refractivity contribution in [3.8, 4) is 5.75 Å².